The van der Waals surface area contributed by atoms with Crippen molar-refractivity contribution >= 4 is 12.0 Å². The molecular weight excluding hydrogens is 525 g/mol. The summed E-state index contributed by atoms with van der Waals surface area (Å²) in [6, 6.07) is 0. The summed E-state index contributed by atoms with van der Waals surface area (Å²) in [5.74, 6) is 0.0998. The molecule has 5 heterocycles. The number of piperidine rings is 2. The molecule has 5 fully saturated rings. The normalized spacial score (nSPS) is 32.6. The van der Waals surface area contributed by atoms with Crippen LogP contribution in [0.4, 0.5) is 9.18 Å². The predicted octanol–water partition coefficient (Wildman–Crippen LogP) is 4.17. The summed E-state index contributed by atoms with van der Waals surface area (Å²) in [4.78, 5) is 41.2. The zero-order valence-electron chi connectivity index (χ0n) is 25.2. The Morgan fingerprint density at radius 3 is 2.29 bits per heavy atom. The monoisotopic (exact) mass is 571 g/mol. The highest BCUT2D eigenvalue weighted by Gasteiger charge is 2.70. The third-order valence-corrected chi connectivity index (χ3v) is 11.2. The van der Waals surface area contributed by atoms with Crippen LogP contribution in [0.1, 0.15) is 80.5 Å². The van der Waals surface area contributed by atoms with Gasteiger partial charge < -0.3 is 19.3 Å². The van der Waals surface area contributed by atoms with Crippen molar-refractivity contribution < 1.29 is 23.5 Å². The van der Waals surface area contributed by atoms with E-state index in [9.17, 15) is 9.59 Å². The highest BCUT2D eigenvalue weighted by Crippen LogP contribution is 2.58. The number of likely N-dealkylation sites (tertiary alicyclic amines) is 2. The van der Waals surface area contributed by atoms with Crippen LogP contribution < -0.4 is 0 Å². The van der Waals surface area contributed by atoms with E-state index in [1.807, 2.05) is 18.7 Å². The highest BCUT2D eigenvalue weighted by molar-refractivity contribution is 5.96. The van der Waals surface area contributed by atoms with Gasteiger partial charge in [-0.1, -0.05) is 19.8 Å². The molecule has 226 valence electrons. The first-order chi connectivity index (χ1) is 19.6. The number of nitrogens with zero attached hydrogens (tertiary/aromatic N) is 5. The third-order valence-electron chi connectivity index (χ3n) is 11.2. The minimum atomic E-state index is -1.31. The van der Waals surface area contributed by atoms with E-state index >= 15 is 4.39 Å². The van der Waals surface area contributed by atoms with Gasteiger partial charge in [0.25, 0.3) is 5.91 Å². The average Bonchev–Trinajstić information content (AvgIpc) is 3.26. The topological polar surface area (TPSA) is 88.1 Å². The van der Waals surface area contributed by atoms with Crippen LogP contribution >= 0.6 is 0 Å². The lowest BCUT2D eigenvalue weighted by Crippen LogP contribution is -2.64. The van der Waals surface area contributed by atoms with Gasteiger partial charge in [0.15, 0.2) is 0 Å². The molecule has 3 atom stereocenters. The predicted molar refractivity (Wildman–Crippen MR) is 151 cm³/mol. The molecule has 5 aliphatic rings. The summed E-state index contributed by atoms with van der Waals surface area (Å²) in [5, 5.41) is 0. The second-order valence-electron chi connectivity index (χ2n) is 13.5. The molecule has 1 spiro atoms. The van der Waals surface area contributed by atoms with Crippen LogP contribution in [0.15, 0.2) is 6.33 Å². The lowest BCUT2D eigenvalue weighted by molar-refractivity contribution is -0.136. The molecule has 0 N–H and O–H groups in total. The van der Waals surface area contributed by atoms with Crippen molar-refractivity contribution in [2.45, 2.75) is 89.4 Å². The Morgan fingerprint density at radius 2 is 1.68 bits per heavy atom. The lowest BCUT2D eigenvalue weighted by Gasteiger charge is -2.55. The Bertz CT molecular complexity index is 1130. The molecular formula is C31H46FN5O4. The van der Waals surface area contributed by atoms with Crippen molar-refractivity contribution in [3.05, 3.63) is 23.3 Å². The van der Waals surface area contributed by atoms with Crippen LogP contribution in [0.25, 0.3) is 0 Å². The van der Waals surface area contributed by atoms with Crippen molar-refractivity contribution in [1.29, 1.82) is 0 Å². The van der Waals surface area contributed by atoms with Gasteiger partial charge in [0.05, 0.1) is 36.7 Å². The zero-order valence-corrected chi connectivity index (χ0v) is 25.2. The summed E-state index contributed by atoms with van der Waals surface area (Å²) < 4.78 is 27.2. The molecule has 0 bridgehead atoms. The molecule has 4 saturated heterocycles. The quantitative estimate of drug-likeness (QED) is 0.486. The zero-order chi connectivity index (χ0) is 29.0. The molecule has 6 rings (SSSR count). The standard InChI is InChI=1S/C31H46FN5O4/c1-5-6-7-23-16-36(19-31(32)24-17-40-18-25(24)31)28(39)41-30(23)10-14-37(15-11-30)29(4)8-12-35(13-9-29)27(38)26-21(2)33-20-34-22(26)3/h20,23-25H,5-19H2,1-4H3. The van der Waals surface area contributed by atoms with Crippen molar-refractivity contribution in [3.8, 4) is 0 Å². The molecule has 1 aromatic heterocycles. The number of unbranched alkanes of at least 4 members (excludes halogenated alkanes) is 1. The fourth-order valence-electron chi connectivity index (χ4n) is 8.19. The van der Waals surface area contributed by atoms with Gasteiger partial charge in [-0.15, -0.1) is 0 Å². The van der Waals surface area contributed by atoms with Crippen molar-refractivity contribution in [1.82, 2.24) is 24.7 Å². The first-order valence-electron chi connectivity index (χ1n) is 15.7. The average molecular weight is 572 g/mol. The van der Waals surface area contributed by atoms with E-state index in [1.165, 1.54) is 6.33 Å². The third kappa shape index (κ3) is 5.02. The van der Waals surface area contributed by atoms with Crippen molar-refractivity contribution in [2.75, 3.05) is 52.5 Å². The van der Waals surface area contributed by atoms with Gasteiger partial charge in [0, 0.05) is 68.9 Å². The Balaban J connectivity index is 1.08. The SMILES string of the molecule is CCCCC1CN(CC2(F)C3COCC32)C(=O)OC12CCN(C1(C)CCN(C(=O)c3c(C)ncnc3C)CC1)CC2. The molecule has 0 aromatic carbocycles. The summed E-state index contributed by atoms with van der Waals surface area (Å²) >= 11 is 0. The summed E-state index contributed by atoms with van der Waals surface area (Å²) in [6.07, 6.45) is 7.73. The number of amides is 2. The Kier molecular flexibility index (Phi) is 7.54. The smallest absolute Gasteiger partial charge is 0.410 e. The van der Waals surface area contributed by atoms with Crippen LogP contribution in [0, 0.1) is 31.6 Å². The van der Waals surface area contributed by atoms with E-state index in [0.29, 0.717) is 38.4 Å². The number of carbonyl (C=O) groups excluding carboxylic acids is 2. The molecule has 1 saturated carbocycles. The highest BCUT2D eigenvalue weighted by atomic mass is 19.1. The van der Waals surface area contributed by atoms with Crippen LogP contribution in [-0.4, -0.2) is 106 Å². The molecule has 41 heavy (non-hydrogen) atoms. The van der Waals surface area contributed by atoms with Gasteiger partial charge in [-0.3, -0.25) is 9.69 Å². The number of fused-ring (bicyclic) bond motifs is 1. The summed E-state index contributed by atoms with van der Waals surface area (Å²) in [6.45, 7) is 13.0. The van der Waals surface area contributed by atoms with Crippen LogP contribution in [-0.2, 0) is 9.47 Å². The van der Waals surface area contributed by atoms with Crippen LogP contribution in [0.5, 0.6) is 0 Å². The first kappa shape index (κ1) is 28.8. The van der Waals surface area contributed by atoms with E-state index in [0.717, 1.165) is 69.4 Å². The number of hydrogen-bond acceptors (Lipinski definition) is 7. The number of halogens is 1. The van der Waals surface area contributed by atoms with Gasteiger partial charge in [-0.2, -0.15) is 0 Å². The Morgan fingerprint density at radius 1 is 1.05 bits per heavy atom. The van der Waals surface area contributed by atoms with E-state index in [2.05, 4.69) is 28.7 Å². The Labute approximate surface area is 243 Å². The molecule has 3 unspecified atom stereocenters. The summed E-state index contributed by atoms with van der Waals surface area (Å²) in [7, 11) is 0. The lowest BCUT2D eigenvalue weighted by atomic mass is 9.74. The number of hydrogen-bond donors (Lipinski definition) is 0. The molecule has 1 aliphatic carbocycles. The number of alkyl halides is 1. The number of ether oxygens (including phenoxy) is 2. The van der Waals surface area contributed by atoms with E-state index in [4.69, 9.17) is 9.47 Å². The maximum atomic E-state index is 15.5. The molecule has 9 nitrogen and oxygen atoms in total. The van der Waals surface area contributed by atoms with Crippen molar-refractivity contribution in [3.63, 3.8) is 0 Å². The molecule has 0 radical (unpaired) electrons. The fraction of sp³-hybridized carbons (Fsp3) is 0.806. The molecule has 2 amide bonds. The first-order valence-corrected chi connectivity index (χ1v) is 15.7. The second-order valence-corrected chi connectivity index (χ2v) is 13.5. The van der Waals surface area contributed by atoms with E-state index in [-0.39, 0.29) is 41.8 Å². The molecule has 10 heteroatoms. The number of aryl methyl sites for hydroxylation is 2. The maximum Gasteiger partial charge on any atom is 0.410 e. The fourth-order valence-corrected chi connectivity index (χ4v) is 8.19. The van der Waals surface area contributed by atoms with Gasteiger partial charge in [-0.25, -0.2) is 19.2 Å². The van der Waals surface area contributed by atoms with Gasteiger partial charge >= 0.3 is 6.09 Å². The van der Waals surface area contributed by atoms with Crippen LogP contribution in [0.2, 0.25) is 0 Å². The minimum Gasteiger partial charge on any atom is -0.442 e. The largest absolute Gasteiger partial charge is 0.442 e. The van der Waals surface area contributed by atoms with Crippen molar-refractivity contribution in [2.24, 2.45) is 17.8 Å². The number of carbonyl (C=O) groups is 2. The molecule has 4 aliphatic heterocycles. The minimum absolute atomic E-state index is 0.00820. The van der Waals surface area contributed by atoms with Gasteiger partial charge in [-0.05, 0) is 40.0 Å². The Hall–Kier alpha value is -2.33. The van der Waals surface area contributed by atoms with Gasteiger partial charge in [0.1, 0.15) is 17.6 Å². The summed E-state index contributed by atoms with van der Waals surface area (Å²) in [5.41, 5.74) is 0.291. The molecule has 1 aromatic rings. The van der Waals surface area contributed by atoms with E-state index < -0.39 is 11.3 Å². The van der Waals surface area contributed by atoms with Gasteiger partial charge in [0.2, 0.25) is 0 Å². The maximum absolute atomic E-state index is 15.5. The number of aromatic nitrogens is 2. The van der Waals surface area contributed by atoms with E-state index in [1.54, 1.807) is 4.90 Å². The van der Waals surface area contributed by atoms with Crippen LogP contribution in [0.3, 0.4) is 0 Å². The second kappa shape index (κ2) is 10.7. The number of rotatable bonds is 7.